The molecule has 0 atom stereocenters. The van der Waals surface area contributed by atoms with E-state index in [-0.39, 0.29) is 0 Å². The summed E-state index contributed by atoms with van der Waals surface area (Å²) in [5, 5.41) is 16.7. The third kappa shape index (κ3) is 0.819. The first-order valence-corrected chi connectivity index (χ1v) is 1.74. The largest absolute Gasteiger partial charge is 0.373 e. The van der Waals surface area contributed by atoms with Crippen LogP contribution < -0.4 is 0 Å². The van der Waals surface area contributed by atoms with Gasteiger partial charge < -0.3 is 10.2 Å². The Morgan fingerprint density at radius 2 is 1.57 bits per heavy atom. The van der Waals surface area contributed by atoms with Crippen LogP contribution in [0.15, 0.2) is 9.98 Å². The van der Waals surface area contributed by atoms with Gasteiger partial charge in [-0.05, 0) is 0 Å². The monoisotopic (exact) mass is 100 g/mol. The van der Waals surface area contributed by atoms with Gasteiger partial charge >= 0.3 is 6.03 Å². The van der Waals surface area contributed by atoms with Crippen LogP contribution >= 0.6 is 0 Å². The summed E-state index contributed by atoms with van der Waals surface area (Å²) in [5.74, 6) is 0. The summed E-state index contributed by atoms with van der Waals surface area (Å²) in [6.07, 6.45) is 2.44. The van der Waals surface area contributed by atoms with E-state index in [1.807, 2.05) is 0 Å². The molecule has 1 aliphatic rings. The number of hydrogen-bond donors (Lipinski definition) is 2. The molecule has 0 amide bonds. The molecule has 0 aliphatic carbocycles. The van der Waals surface area contributed by atoms with E-state index >= 15 is 0 Å². The van der Waals surface area contributed by atoms with Crippen LogP contribution in [0.5, 0.6) is 0 Å². The third-order valence-corrected chi connectivity index (χ3v) is 0.562. The predicted molar refractivity (Wildman–Crippen MR) is 24.2 cm³/mol. The van der Waals surface area contributed by atoms with Crippen molar-refractivity contribution in [1.29, 1.82) is 0 Å². The van der Waals surface area contributed by atoms with Crippen LogP contribution in [0, 0.1) is 0 Å². The minimum atomic E-state index is -2.17. The number of aliphatic imine (C=N–C) groups is 2. The van der Waals surface area contributed by atoms with Crippen molar-refractivity contribution < 1.29 is 10.2 Å². The molecule has 4 nitrogen and oxygen atoms in total. The Kier molecular flexibility index (Phi) is 0.703. The van der Waals surface area contributed by atoms with Crippen molar-refractivity contribution in [2.45, 2.75) is 6.03 Å². The fourth-order valence-corrected chi connectivity index (χ4v) is 0.300. The summed E-state index contributed by atoms with van der Waals surface area (Å²) >= 11 is 0. The lowest BCUT2D eigenvalue weighted by molar-refractivity contribution is -0.141. The molecule has 0 saturated carbocycles. The molecule has 0 saturated heterocycles. The van der Waals surface area contributed by atoms with E-state index in [1.165, 1.54) is 12.4 Å². The molecule has 1 rings (SSSR count). The summed E-state index contributed by atoms with van der Waals surface area (Å²) < 4.78 is 0. The highest BCUT2D eigenvalue weighted by Gasteiger charge is 2.19. The molecule has 7 heavy (non-hydrogen) atoms. The van der Waals surface area contributed by atoms with Gasteiger partial charge in [-0.3, -0.25) is 0 Å². The van der Waals surface area contributed by atoms with Gasteiger partial charge in [-0.2, -0.15) is 0 Å². The van der Waals surface area contributed by atoms with Gasteiger partial charge in [0.05, 0.1) is 0 Å². The van der Waals surface area contributed by atoms with E-state index in [2.05, 4.69) is 9.98 Å². The SMILES string of the molecule is OC1(O)N=CC=N1. The van der Waals surface area contributed by atoms with Crippen molar-refractivity contribution in [2.75, 3.05) is 0 Å². The second kappa shape index (κ2) is 1.11. The second-order valence-electron chi connectivity index (χ2n) is 1.16. The summed E-state index contributed by atoms with van der Waals surface area (Å²) in [4.78, 5) is 6.26. The van der Waals surface area contributed by atoms with Gasteiger partial charge in [0, 0.05) is 12.4 Å². The van der Waals surface area contributed by atoms with E-state index in [0.717, 1.165) is 0 Å². The molecule has 0 unspecified atom stereocenters. The molecule has 1 aliphatic heterocycles. The van der Waals surface area contributed by atoms with Crippen LogP contribution in [0.1, 0.15) is 0 Å². The lowest BCUT2D eigenvalue weighted by Gasteiger charge is -2.02. The molecule has 0 fully saturated rings. The fraction of sp³-hybridized carbons (Fsp3) is 0.333. The minimum Gasteiger partial charge on any atom is -0.328 e. The zero-order valence-corrected chi connectivity index (χ0v) is 3.44. The average Bonchev–Trinajstić information content (AvgIpc) is 1.84. The Bertz CT molecular complexity index is 113. The molecular weight excluding hydrogens is 96.0 g/mol. The molecular formula is C3H4N2O2. The Hall–Kier alpha value is -0.740. The van der Waals surface area contributed by atoms with E-state index in [9.17, 15) is 0 Å². The van der Waals surface area contributed by atoms with E-state index in [1.54, 1.807) is 0 Å². The maximum Gasteiger partial charge on any atom is 0.373 e. The Morgan fingerprint density at radius 1 is 1.14 bits per heavy atom. The first-order valence-electron chi connectivity index (χ1n) is 1.74. The van der Waals surface area contributed by atoms with Gasteiger partial charge in [0.25, 0.3) is 0 Å². The molecule has 0 spiro atoms. The predicted octanol–water partition coefficient (Wildman–Crippen LogP) is -1.26. The lowest BCUT2D eigenvalue weighted by atomic mass is 10.9. The summed E-state index contributed by atoms with van der Waals surface area (Å²) in [5.41, 5.74) is 0. The number of nitrogens with zero attached hydrogens (tertiary/aromatic N) is 2. The second-order valence-corrected chi connectivity index (χ2v) is 1.16. The minimum absolute atomic E-state index is 1.22. The van der Waals surface area contributed by atoms with Crippen molar-refractivity contribution in [3.05, 3.63) is 0 Å². The van der Waals surface area contributed by atoms with Crippen LogP contribution in [-0.2, 0) is 0 Å². The van der Waals surface area contributed by atoms with Gasteiger partial charge in [0.15, 0.2) is 0 Å². The first-order chi connectivity index (χ1) is 3.21. The van der Waals surface area contributed by atoms with Crippen molar-refractivity contribution in [1.82, 2.24) is 0 Å². The summed E-state index contributed by atoms with van der Waals surface area (Å²) in [7, 11) is 0. The number of rotatable bonds is 0. The van der Waals surface area contributed by atoms with Gasteiger partial charge in [-0.25, -0.2) is 9.98 Å². The molecule has 4 heteroatoms. The molecule has 0 radical (unpaired) electrons. The first kappa shape index (κ1) is 4.42. The Labute approximate surface area is 39.8 Å². The van der Waals surface area contributed by atoms with E-state index < -0.39 is 6.03 Å². The van der Waals surface area contributed by atoms with Crippen LogP contribution in [0.3, 0.4) is 0 Å². The molecule has 2 N–H and O–H groups in total. The highest BCUT2D eigenvalue weighted by Crippen LogP contribution is 2.03. The number of hydrogen-bond acceptors (Lipinski definition) is 4. The van der Waals surface area contributed by atoms with Gasteiger partial charge in [-0.15, -0.1) is 0 Å². The van der Waals surface area contributed by atoms with Gasteiger partial charge in [-0.1, -0.05) is 0 Å². The lowest BCUT2D eigenvalue weighted by Crippen LogP contribution is -2.18. The smallest absolute Gasteiger partial charge is 0.328 e. The van der Waals surface area contributed by atoms with Crippen LogP contribution in [-0.4, -0.2) is 28.7 Å². The summed E-state index contributed by atoms with van der Waals surface area (Å²) in [6, 6.07) is -2.17. The fourth-order valence-electron chi connectivity index (χ4n) is 0.300. The van der Waals surface area contributed by atoms with Crippen LogP contribution in [0.4, 0.5) is 0 Å². The van der Waals surface area contributed by atoms with E-state index in [0.29, 0.717) is 0 Å². The molecule has 0 aromatic carbocycles. The van der Waals surface area contributed by atoms with Gasteiger partial charge in [0.1, 0.15) is 0 Å². The highest BCUT2D eigenvalue weighted by molar-refractivity contribution is 6.17. The van der Waals surface area contributed by atoms with Crippen molar-refractivity contribution in [2.24, 2.45) is 9.98 Å². The van der Waals surface area contributed by atoms with Crippen LogP contribution in [0.2, 0.25) is 0 Å². The summed E-state index contributed by atoms with van der Waals surface area (Å²) in [6.45, 7) is 0. The Balaban J connectivity index is 2.77. The molecule has 0 bridgehead atoms. The molecule has 38 valence electrons. The van der Waals surface area contributed by atoms with Gasteiger partial charge in [0.2, 0.25) is 0 Å². The normalized spacial score (nSPS) is 23.7. The molecule has 1 heterocycles. The maximum atomic E-state index is 8.35. The highest BCUT2D eigenvalue weighted by atomic mass is 16.5. The van der Waals surface area contributed by atoms with Crippen molar-refractivity contribution >= 4 is 12.4 Å². The zero-order chi connectivity index (χ0) is 5.33. The maximum absolute atomic E-state index is 8.35. The topological polar surface area (TPSA) is 65.2 Å². The average molecular weight is 100 g/mol. The van der Waals surface area contributed by atoms with Crippen molar-refractivity contribution in [3.8, 4) is 0 Å². The third-order valence-electron chi connectivity index (χ3n) is 0.562. The number of aliphatic hydroxyl groups is 2. The molecule has 0 aromatic heterocycles. The zero-order valence-electron chi connectivity index (χ0n) is 3.44. The Morgan fingerprint density at radius 3 is 1.71 bits per heavy atom. The molecule has 0 aromatic rings. The standard InChI is InChI=1S/C3H4N2O2/c6-3(7)4-1-2-5-3/h1-2,6-7H. The van der Waals surface area contributed by atoms with Crippen LogP contribution in [0.25, 0.3) is 0 Å². The quantitative estimate of drug-likeness (QED) is 0.373. The van der Waals surface area contributed by atoms with E-state index in [4.69, 9.17) is 10.2 Å². The van der Waals surface area contributed by atoms with Crippen molar-refractivity contribution in [3.63, 3.8) is 0 Å².